The average Bonchev–Trinajstić information content (AvgIpc) is 3.02. The molecule has 4 rings (SSSR count). The predicted octanol–water partition coefficient (Wildman–Crippen LogP) is 3.96. The predicted molar refractivity (Wildman–Crippen MR) is 78.0 cm³/mol. The molecule has 0 aromatic carbocycles. The van der Waals surface area contributed by atoms with E-state index in [1.54, 1.807) is 5.57 Å². The fourth-order valence-electron chi connectivity index (χ4n) is 5.92. The Morgan fingerprint density at radius 2 is 2.10 bits per heavy atom. The molecular weight excluding hydrogens is 248 g/mol. The highest BCUT2D eigenvalue weighted by Crippen LogP contribution is 2.70. The summed E-state index contributed by atoms with van der Waals surface area (Å²) in [6, 6.07) is 0. The first-order valence-corrected chi connectivity index (χ1v) is 8.22. The van der Waals surface area contributed by atoms with Crippen LogP contribution < -0.4 is 0 Å². The van der Waals surface area contributed by atoms with Crippen LogP contribution in [0, 0.1) is 35.0 Å². The fraction of sp³-hybridized carbons (Fsp3) is 0.833. The average molecular weight is 274 g/mol. The summed E-state index contributed by atoms with van der Waals surface area (Å²) >= 11 is 0. The summed E-state index contributed by atoms with van der Waals surface area (Å²) in [7, 11) is 0. The number of carbonyl (C=O) groups is 1. The van der Waals surface area contributed by atoms with E-state index in [-0.39, 0.29) is 17.0 Å². The summed E-state index contributed by atoms with van der Waals surface area (Å²) in [4.78, 5) is 12.7. The minimum Gasteiger partial charge on any atom is -0.460 e. The lowest BCUT2D eigenvalue weighted by Gasteiger charge is -2.42. The van der Waals surface area contributed by atoms with Gasteiger partial charge in [-0.3, -0.25) is 4.79 Å². The topological polar surface area (TPSA) is 26.3 Å². The van der Waals surface area contributed by atoms with E-state index in [0.29, 0.717) is 5.92 Å². The van der Waals surface area contributed by atoms with Gasteiger partial charge in [-0.2, -0.15) is 0 Å². The third kappa shape index (κ3) is 1.54. The molecule has 2 nitrogen and oxygen atoms in total. The summed E-state index contributed by atoms with van der Waals surface area (Å²) in [6.45, 7) is 8.12. The SMILES string of the molecule is CC(C)(C)OC(=O)C1(C)CC2CC1C1C3CC=C(C3)C21. The Morgan fingerprint density at radius 1 is 1.35 bits per heavy atom. The van der Waals surface area contributed by atoms with Crippen LogP contribution in [0.4, 0.5) is 0 Å². The molecular formula is C18H26O2. The fourth-order valence-corrected chi connectivity index (χ4v) is 5.92. The maximum atomic E-state index is 12.7. The van der Waals surface area contributed by atoms with Gasteiger partial charge < -0.3 is 4.74 Å². The van der Waals surface area contributed by atoms with Crippen molar-refractivity contribution < 1.29 is 9.53 Å². The monoisotopic (exact) mass is 274 g/mol. The van der Waals surface area contributed by atoms with Crippen LogP contribution in [0.3, 0.4) is 0 Å². The molecule has 3 fully saturated rings. The van der Waals surface area contributed by atoms with Gasteiger partial charge in [-0.05, 0) is 83.0 Å². The molecule has 0 spiro atoms. The Kier molecular flexibility index (Phi) is 2.39. The Bertz CT molecular complexity index is 498. The second kappa shape index (κ2) is 3.69. The lowest BCUT2D eigenvalue weighted by molar-refractivity contribution is -0.172. The number of allylic oxidation sites excluding steroid dienone is 2. The zero-order valence-electron chi connectivity index (χ0n) is 13.1. The van der Waals surface area contributed by atoms with Crippen LogP contribution in [0.2, 0.25) is 0 Å². The smallest absolute Gasteiger partial charge is 0.312 e. The highest BCUT2D eigenvalue weighted by atomic mass is 16.6. The summed E-state index contributed by atoms with van der Waals surface area (Å²) in [5.41, 5.74) is 1.15. The maximum Gasteiger partial charge on any atom is 0.312 e. The summed E-state index contributed by atoms with van der Waals surface area (Å²) in [5, 5.41) is 0. The lowest BCUT2D eigenvalue weighted by Crippen LogP contribution is -2.44. The summed E-state index contributed by atoms with van der Waals surface area (Å²) in [6.07, 6.45) is 7.41. The third-order valence-corrected chi connectivity index (χ3v) is 6.47. The zero-order chi connectivity index (χ0) is 14.3. The van der Waals surface area contributed by atoms with Crippen LogP contribution >= 0.6 is 0 Å². The molecule has 0 radical (unpaired) electrons. The Morgan fingerprint density at radius 3 is 2.80 bits per heavy atom. The first-order valence-electron chi connectivity index (χ1n) is 8.22. The molecule has 2 heteroatoms. The van der Waals surface area contributed by atoms with Crippen molar-refractivity contribution in [1.82, 2.24) is 0 Å². The molecule has 4 aliphatic rings. The number of esters is 1. The number of fused-ring (bicyclic) bond motifs is 9. The van der Waals surface area contributed by atoms with Crippen molar-refractivity contribution in [1.29, 1.82) is 0 Å². The van der Waals surface area contributed by atoms with Gasteiger partial charge in [0.05, 0.1) is 5.41 Å². The molecule has 0 aromatic rings. The van der Waals surface area contributed by atoms with E-state index in [9.17, 15) is 4.79 Å². The van der Waals surface area contributed by atoms with E-state index in [2.05, 4.69) is 13.0 Å². The Hall–Kier alpha value is -0.790. The molecule has 6 unspecified atom stereocenters. The molecule has 20 heavy (non-hydrogen) atoms. The van der Waals surface area contributed by atoms with Crippen molar-refractivity contribution in [2.45, 2.75) is 59.0 Å². The highest BCUT2D eigenvalue weighted by molar-refractivity contribution is 5.78. The zero-order valence-corrected chi connectivity index (χ0v) is 13.1. The molecule has 0 heterocycles. The largest absolute Gasteiger partial charge is 0.460 e. The van der Waals surface area contributed by atoms with Gasteiger partial charge >= 0.3 is 5.97 Å². The molecule has 0 aromatic heterocycles. The van der Waals surface area contributed by atoms with Crippen molar-refractivity contribution in [3.05, 3.63) is 11.6 Å². The minimum absolute atomic E-state index is 0.0627. The molecule has 3 saturated carbocycles. The molecule has 4 bridgehead atoms. The van der Waals surface area contributed by atoms with Crippen molar-refractivity contribution in [2.24, 2.45) is 35.0 Å². The molecule has 0 aliphatic heterocycles. The molecule has 0 saturated heterocycles. The minimum atomic E-state index is -0.363. The lowest BCUT2D eigenvalue weighted by atomic mass is 9.63. The maximum absolute atomic E-state index is 12.7. The van der Waals surface area contributed by atoms with Crippen LogP contribution in [0.1, 0.15) is 53.4 Å². The molecule has 110 valence electrons. The van der Waals surface area contributed by atoms with Crippen molar-refractivity contribution in [2.75, 3.05) is 0 Å². The van der Waals surface area contributed by atoms with Crippen molar-refractivity contribution in [3.8, 4) is 0 Å². The molecule has 0 amide bonds. The van der Waals surface area contributed by atoms with E-state index < -0.39 is 0 Å². The third-order valence-electron chi connectivity index (χ3n) is 6.47. The van der Waals surface area contributed by atoms with Gasteiger partial charge in [0.25, 0.3) is 0 Å². The molecule has 6 atom stereocenters. The quantitative estimate of drug-likeness (QED) is 0.411. The number of carbonyl (C=O) groups excluding carboxylic acids is 1. The molecule has 4 aliphatic carbocycles. The van der Waals surface area contributed by atoms with Gasteiger partial charge in [-0.15, -0.1) is 0 Å². The van der Waals surface area contributed by atoms with Gasteiger partial charge in [0.1, 0.15) is 5.60 Å². The van der Waals surface area contributed by atoms with E-state index in [1.165, 1.54) is 19.3 Å². The van der Waals surface area contributed by atoms with Gasteiger partial charge in [0, 0.05) is 0 Å². The number of ether oxygens (including phenoxy) is 1. The number of hydrogen-bond acceptors (Lipinski definition) is 2. The van der Waals surface area contributed by atoms with Gasteiger partial charge in [0.2, 0.25) is 0 Å². The van der Waals surface area contributed by atoms with Crippen molar-refractivity contribution >= 4 is 5.97 Å². The first-order chi connectivity index (χ1) is 9.29. The van der Waals surface area contributed by atoms with E-state index in [0.717, 1.165) is 30.1 Å². The normalized spacial score (nSPS) is 48.4. The standard InChI is InChI=1S/C18H26O2/c1-17(2,3)20-16(19)18(4)9-12-8-13(18)15-11-6-5-10(7-11)14(12)15/h5,11-15H,6-9H2,1-4H3. The van der Waals surface area contributed by atoms with Crippen LogP contribution in [-0.4, -0.2) is 11.6 Å². The van der Waals surface area contributed by atoms with Crippen LogP contribution in [0.25, 0.3) is 0 Å². The van der Waals surface area contributed by atoms with Gasteiger partial charge in [0.15, 0.2) is 0 Å². The second-order valence-electron chi connectivity index (χ2n) is 8.81. The summed E-state index contributed by atoms with van der Waals surface area (Å²) < 4.78 is 5.75. The van der Waals surface area contributed by atoms with Gasteiger partial charge in [-0.1, -0.05) is 11.6 Å². The Labute approximate surface area is 122 Å². The van der Waals surface area contributed by atoms with Gasteiger partial charge in [-0.25, -0.2) is 0 Å². The van der Waals surface area contributed by atoms with Crippen LogP contribution in [0.5, 0.6) is 0 Å². The second-order valence-corrected chi connectivity index (χ2v) is 8.81. The van der Waals surface area contributed by atoms with Crippen LogP contribution in [0.15, 0.2) is 11.6 Å². The van der Waals surface area contributed by atoms with E-state index in [1.807, 2.05) is 20.8 Å². The van der Waals surface area contributed by atoms with Crippen LogP contribution in [-0.2, 0) is 9.53 Å². The highest BCUT2D eigenvalue weighted by Gasteiger charge is 2.66. The van der Waals surface area contributed by atoms with Crippen molar-refractivity contribution in [3.63, 3.8) is 0 Å². The molecule has 0 N–H and O–H groups in total. The van der Waals surface area contributed by atoms with E-state index in [4.69, 9.17) is 4.74 Å². The first kappa shape index (κ1) is 12.9. The van der Waals surface area contributed by atoms with E-state index >= 15 is 0 Å². The Balaban J connectivity index is 1.61. The number of rotatable bonds is 1. The number of hydrogen-bond donors (Lipinski definition) is 0. The summed E-state index contributed by atoms with van der Waals surface area (Å²) in [5.74, 6) is 3.84.